The van der Waals surface area contributed by atoms with E-state index in [4.69, 9.17) is 5.73 Å². The van der Waals surface area contributed by atoms with Gasteiger partial charge in [-0.3, -0.25) is 0 Å². The van der Waals surface area contributed by atoms with E-state index in [0.717, 1.165) is 11.3 Å². The van der Waals surface area contributed by atoms with Crippen LogP contribution in [0.3, 0.4) is 0 Å². The van der Waals surface area contributed by atoms with E-state index in [1.165, 1.54) is 27.8 Å². The van der Waals surface area contributed by atoms with Crippen LogP contribution in [0.15, 0.2) is 92.5 Å². The van der Waals surface area contributed by atoms with E-state index in [2.05, 4.69) is 101 Å². The Morgan fingerprint density at radius 3 is 1.14 bits per heavy atom. The zero-order valence-electron chi connectivity index (χ0n) is 26.2. The molecule has 3 N–H and O–H groups in total. The largest absolute Gasteiger partial charge is 0.399 e. The van der Waals surface area contributed by atoms with Crippen molar-refractivity contribution in [1.29, 1.82) is 0 Å². The fraction of sp³-hybridized carbons (Fsp3) is 0.371. The SMILES string of the molecule is C=C.C=C(C)c1ccc(C(C)C)cc1.CC.CC.CNC.Cc1ccc(C)cc1.Cc1ccc(N)cc1. The van der Waals surface area contributed by atoms with Crippen LogP contribution >= 0.6 is 0 Å². The molecule has 0 fully saturated rings. The normalized spacial score (nSPS) is 8.24. The summed E-state index contributed by atoms with van der Waals surface area (Å²) >= 11 is 0. The standard InChI is InChI=1S/C12H16.C8H10.C7H9N.C2H7N.2C2H6.C2H4/c1-9(2)11-5-7-12(8-6-11)10(3)4;1-7-3-5-8(2)6-4-7;1-6-2-4-7(8)5-3-6;1-3-2;3*1-2/h5-8,10H,1H2,2-4H3;3-6H,1-2H3;2-5H,8H2,1H3;3H,1-2H3;2*1-2H3;1-2H2. The van der Waals surface area contributed by atoms with Crippen LogP contribution in [0.25, 0.3) is 5.57 Å². The third kappa shape index (κ3) is 25.8. The Labute approximate surface area is 231 Å². The molecule has 0 bridgehead atoms. The molecule has 0 aromatic heterocycles. The second-order valence-corrected chi connectivity index (χ2v) is 8.12. The van der Waals surface area contributed by atoms with Crippen LogP contribution < -0.4 is 11.1 Å². The topological polar surface area (TPSA) is 38.0 Å². The minimum atomic E-state index is 0.615. The number of nitrogen functional groups attached to an aromatic ring is 1. The highest BCUT2D eigenvalue weighted by molar-refractivity contribution is 5.61. The summed E-state index contributed by atoms with van der Waals surface area (Å²) in [4.78, 5) is 0. The lowest BCUT2D eigenvalue weighted by atomic mass is 10.00. The first-order valence-corrected chi connectivity index (χ1v) is 13.3. The molecule has 3 aromatic carbocycles. The quantitative estimate of drug-likeness (QED) is 0.268. The maximum absolute atomic E-state index is 5.43. The van der Waals surface area contributed by atoms with Gasteiger partial charge in [-0.1, -0.05) is 131 Å². The smallest absolute Gasteiger partial charge is 0.0314 e. The number of hydrogen-bond acceptors (Lipinski definition) is 2. The Kier molecular flexibility index (Phi) is 32.3. The first kappa shape index (κ1) is 41.0. The minimum absolute atomic E-state index is 0.615. The summed E-state index contributed by atoms with van der Waals surface area (Å²) in [6.07, 6.45) is 0. The summed E-state index contributed by atoms with van der Waals surface area (Å²) in [6, 6.07) is 24.9. The molecule has 208 valence electrons. The lowest BCUT2D eigenvalue weighted by molar-refractivity contribution is 0.866. The Morgan fingerprint density at radius 2 is 0.919 bits per heavy atom. The molecule has 0 aliphatic rings. The number of nitrogens with one attached hydrogen (secondary N) is 1. The van der Waals surface area contributed by atoms with Gasteiger partial charge in [0.2, 0.25) is 0 Å². The number of hydrogen-bond donors (Lipinski definition) is 2. The Balaban J connectivity index is -0.000000194. The highest BCUT2D eigenvalue weighted by atomic mass is 14.7. The van der Waals surface area contributed by atoms with Gasteiger partial charge in [0.15, 0.2) is 0 Å². The van der Waals surface area contributed by atoms with E-state index < -0.39 is 0 Å². The molecule has 0 saturated carbocycles. The molecule has 3 aromatic rings. The van der Waals surface area contributed by atoms with Crippen LogP contribution in [0.5, 0.6) is 0 Å². The van der Waals surface area contributed by atoms with Crippen molar-refractivity contribution < 1.29 is 0 Å². The summed E-state index contributed by atoms with van der Waals surface area (Å²) in [6.45, 7) is 30.6. The molecule has 0 aliphatic heterocycles. The Morgan fingerprint density at radius 1 is 0.649 bits per heavy atom. The highest BCUT2D eigenvalue weighted by Crippen LogP contribution is 2.17. The number of benzene rings is 3. The van der Waals surface area contributed by atoms with Crippen molar-refractivity contribution in [2.75, 3.05) is 19.8 Å². The molecule has 37 heavy (non-hydrogen) atoms. The number of rotatable bonds is 2. The number of anilines is 1. The van der Waals surface area contributed by atoms with Gasteiger partial charge in [0.1, 0.15) is 0 Å². The summed E-state index contributed by atoms with van der Waals surface area (Å²) in [5, 5.41) is 2.75. The first-order chi connectivity index (χ1) is 17.6. The second kappa shape index (κ2) is 29.1. The zero-order chi connectivity index (χ0) is 29.8. The van der Waals surface area contributed by atoms with Crippen LogP contribution in [0, 0.1) is 20.8 Å². The van der Waals surface area contributed by atoms with Gasteiger partial charge < -0.3 is 11.1 Å². The van der Waals surface area contributed by atoms with Crippen molar-refractivity contribution in [2.45, 2.75) is 75.2 Å². The van der Waals surface area contributed by atoms with Crippen molar-refractivity contribution in [2.24, 2.45) is 0 Å². The molecule has 0 saturated heterocycles. The first-order valence-electron chi connectivity index (χ1n) is 13.3. The predicted molar refractivity (Wildman–Crippen MR) is 176 cm³/mol. The molecule has 0 unspecified atom stereocenters. The van der Waals surface area contributed by atoms with Crippen molar-refractivity contribution in [3.63, 3.8) is 0 Å². The van der Waals surface area contributed by atoms with Gasteiger partial charge in [-0.2, -0.15) is 0 Å². The van der Waals surface area contributed by atoms with Crippen molar-refractivity contribution in [1.82, 2.24) is 5.32 Å². The van der Waals surface area contributed by atoms with E-state index in [0.29, 0.717) is 5.92 Å². The average Bonchev–Trinajstić information content (AvgIpc) is 2.92. The third-order valence-corrected chi connectivity index (χ3v) is 4.37. The molecule has 3 rings (SSSR count). The molecular weight excluding hydrogens is 448 g/mol. The summed E-state index contributed by atoms with van der Waals surface area (Å²) in [5.41, 5.74) is 13.9. The van der Waals surface area contributed by atoms with Crippen molar-refractivity contribution >= 4 is 11.3 Å². The van der Waals surface area contributed by atoms with Gasteiger partial charge in [0, 0.05) is 5.69 Å². The minimum Gasteiger partial charge on any atom is -0.399 e. The highest BCUT2D eigenvalue weighted by Gasteiger charge is 1.98. The molecule has 0 spiro atoms. The monoisotopic (exact) mass is 506 g/mol. The van der Waals surface area contributed by atoms with Crippen LogP contribution in [-0.4, -0.2) is 14.1 Å². The maximum Gasteiger partial charge on any atom is 0.0314 e. The Bertz CT molecular complexity index is 773. The molecule has 2 nitrogen and oxygen atoms in total. The van der Waals surface area contributed by atoms with Gasteiger partial charge in [-0.05, 0) is 71.0 Å². The molecular formula is C35H58N2. The van der Waals surface area contributed by atoms with E-state index in [9.17, 15) is 0 Å². The lowest BCUT2D eigenvalue weighted by Gasteiger charge is -2.06. The summed E-state index contributed by atoms with van der Waals surface area (Å²) < 4.78 is 0. The Hall–Kier alpha value is -3.10. The van der Waals surface area contributed by atoms with E-state index >= 15 is 0 Å². The number of nitrogens with two attached hydrogens (primary N) is 1. The molecule has 0 aliphatic carbocycles. The van der Waals surface area contributed by atoms with Crippen LogP contribution in [0.2, 0.25) is 0 Å². The molecule has 0 amide bonds. The van der Waals surface area contributed by atoms with Crippen molar-refractivity contribution in [3.05, 3.63) is 120 Å². The van der Waals surface area contributed by atoms with E-state index in [1.54, 1.807) is 0 Å². The third-order valence-electron chi connectivity index (χ3n) is 4.37. The van der Waals surface area contributed by atoms with Crippen LogP contribution in [0.4, 0.5) is 5.69 Å². The van der Waals surface area contributed by atoms with E-state index in [-0.39, 0.29) is 0 Å². The van der Waals surface area contributed by atoms with E-state index in [1.807, 2.05) is 79.9 Å². The van der Waals surface area contributed by atoms with Crippen LogP contribution in [-0.2, 0) is 0 Å². The maximum atomic E-state index is 5.43. The second-order valence-electron chi connectivity index (χ2n) is 8.12. The van der Waals surface area contributed by atoms with Gasteiger partial charge in [0.05, 0.1) is 0 Å². The summed E-state index contributed by atoms with van der Waals surface area (Å²) in [5.74, 6) is 0.615. The number of allylic oxidation sites excluding steroid dienone is 1. The van der Waals surface area contributed by atoms with Crippen molar-refractivity contribution in [3.8, 4) is 0 Å². The lowest BCUT2D eigenvalue weighted by Crippen LogP contribution is -1.89. The van der Waals surface area contributed by atoms with Crippen LogP contribution in [0.1, 0.15) is 82.2 Å². The fourth-order valence-corrected chi connectivity index (χ4v) is 2.36. The predicted octanol–water partition coefficient (Wildman–Crippen LogP) is 10.4. The number of aryl methyl sites for hydroxylation is 3. The van der Waals surface area contributed by atoms with Gasteiger partial charge in [0.25, 0.3) is 0 Å². The summed E-state index contributed by atoms with van der Waals surface area (Å²) in [7, 11) is 3.75. The molecule has 2 heteroatoms. The van der Waals surface area contributed by atoms with Gasteiger partial charge in [-0.15, -0.1) is 13.2 Å². The average molecular weight is 507 g/mol. The van der Waals surface area contributed by atoms with Gasteiger partial charge in [-0.25, -0.2) is 0 Å². The molecule has 0 atom stereocenters. The zero-order valence-corrected chi connectivity index (χ0v) is 26.2. The van der Waals surface area contributed by atoms with Gasteiger partial charge >= 0.3 is 0 Å². The fourth-order valence-electron chi connectivity index (χ4n) is 2.36. The molecule has 0 heterocycles. The molecule has 0 radical (unpaired) electrons.